The van der Waals surface area contributed by atoms with Gasteiger partial charge in [-0.05, 0) is 56.2 Å². The van der Waals surface area contributed by atoms with E-state index in [4.69, 9.17) is 9.72 Å². The monoisotopic (exact) mass is 408 g/mol. The van der Waals surface area contributed by atoms with E-state index in [0.717, 1.165) is 40.4 Å². The summed E-state index contributed by atoms with van der Waals surface area (Å²) in [6.07, 6.45) is 2.35. The molecule has 1 atom stereocenters. The second kappa shape index (κ2) is 8.74. The average Bonchev–Trinajstić information content (AvgIpc) is 3.39. The number of hydrogen-bond acceptors (Lipinski definition) is 5. The lowest BCUT2D eigenvalue weighted by atomic mass is 10.1. The lowest BCUT2D eigenvalue weighted by Crippen LogP contribution is -2.30. The van der Waals surface area contributed by atoms with E-state index in [1.165, 1.54) is 0 Å². The zero-order valence-electron chi connectivity index (χ0n) is 16.5. The van der Waals surface area contributed by atoms with Gasteiger partial charge in [-0.2, -0.15) is 0 Å². The van der Waals surface area contributed by atoms with Crippen molar-refractivity contribution < 1.29 is 14.3 Å². The number of Topliss-reactive ketones (excluding diaryl/α,β-unsaturated/α-hetero) is 1. The Balaban J connectivity index is 1.38. The predicted molar refractivity (Wildman–Crippen MR) is 114 cm³/mol. The zero-order valence-corrected chi connectivity index (χ0v) is 17.3. The molecule has 0 aliphatic carbocycles. The second-order valence-corrected chi connectivity index (χ2v) is 8.21. The van der Waals surface area contributed by atoms with Crippen molar-refractivity contribution in [1.82, 2.24) is 9.88 Å². The predicted octanol–water partition coefficient (Wildman–Crippen LogP) is 5.02. The van der Waals surface area contributed by atoms with Gasteiger partial charge in [0.1, 0.15) is 10.8 Å². The van der Waals surface area contributed by atoms with Crippen molar-refractivity contribution in [3.8, 4) is 5.75 Å². The number of nitrogens with zero attached hydrogens (tertiary/aromatic N) is 2. The van der Waals surface area contributed by atoms with Gasteiger partial charge in [0.25, 0.3) is 0 Å². The molecular formula is C23H24N2O3S. The molecule has 0 bridgehead atoms. The van der Waals surface area contributed by atoms with Crippen LogP contribution in [-0.4, -0.2) is 34.7 Å². The molecule has 29 heavy (non-hydrogen) atoms. The van der Waals surface area contributed by atoms with Crippen LogP contribution in [0.25, 0.3) is 10.2 Å². The summed E-state index contributed by atoms with van der Waals surface area (Å²) in [6, 6.07) is 15.2. The molecule has 6 heteroatoms. The first-order valence-corrected chi connectivity index (χ1v) is 10.9. The van der Waals surface area contributed by atoms with Crippen molar-refractivity contribution in [1.29, 1.82) is 0 Å². The van der Waals surface area contributed by atoms with Crippen LogP contribution >= 0.6 is 11.3 Å². The molecule has 0 N–H and O–H groups in total. The summed E-state index contributed by atoms with van der Waals surface area (Å²) in [7, 11) is 0. The minimum absolute atomic E-state index is 0.0165. The third-order valence-electron chi connectivity index (χ3n) is 5.22. The highest BCUT2D eigenvalue weighted by molar-refractivity contribution is 7.18. The number of ether oxygens (including phenoxy) is 1. The number of carbonyl (C=O) groups is 2. The van der Waals surface area contributed by atoms with Crippen LogP contribution in [0.3, 0.4) is 0 Å². The van der Waals surface area contributed by atoms with Gasteiger partial charge in [-0.1, -0.05) is 12.1 Å². The van der Waals surface area contributed by atoms with E-state index in [2.05, 4.69) is 6.07 Å². The van der Waals surface area contributed by atoms with Gasteiger partial charge in [-0.15, -0.1) is 11.3 Å². The smallest absolute Gasteiger partial charge is 0.223 e. The van der Waals surface area contributed by atoms with Gasteiger partial charge in [0.2, 0.25) is 5.91 Å². The largest absolute Gasteiger partial charge is 0.494 e. The summed E-state index contributed by atoms with van der Waals surface area (Å²) in [5, 5.41) is 0.995. The number of likely N-dealkylation sites (tertiary alicyclic amines) is 1. The Hall–Kier alpha value is -2.73. The molecule has 5 nitrogen and oxygen atoms in total. The van der Waals surface area contributed by atoms with E-state index in [-0.39, 0.29) is 30.6 Å². The molecule has 2 aromatic carbocycles. The van der Waals surface area contributed by atoms with E-state index < -0.39 is 0 Å². The average molecular weight is 409 g/mol. The summed E-state index contributed by atoms with van der Waals surface area (Å²) in [5.41, 5.74) is 1.60. The third kappa shape index (κ3) is 4.32. The van der Waals surface area contributed by atoms with Crippen LogP contribution in [0.4, 0.5) is 0 Å². The normalized spacial score (nSPS) is 16.3. The summed E-state index contributed by atoms with van der Waals surface area (Å²) in [4.78, 5) is 32.0. The third-order valence-corrected chi connectivity index (χ3v) is 6.36. The number of carbonyl (C=O) groups excluding carboxylic acids is 2. The quantitative estimate of drug-likeness (QED) is 0.515. The first-order valence-electron chi connectivity index (χ1n) is 10.1. The van der Waals surface area contributed by atoms with E-state index >= 15 is 0 Å². The molecule has 1 unspecified atom stereocenters. The number of aromatic nitrogens is 1. The summed E-state index contributed by atoms with van der Waals surface area (Å²) in [5.74, 6) is 0.763. The van der Waals surface area contributed by atoms with Gasteiger partial charge in [0, 0.05) is 24.9 Å². The minimum atomic E-state index is -0.0165. The van der Waals surface area contributed by atoms with Crippen molar-refractivity contribution in [2.24, 2.45) is 0 Å². The fraction of sp³-hybridized carbons (Fsp3) is 0.348. The van der Waals surface area contributed by atoms with Crippen LogP contribution in [0.1, 0.15) is 54.0 Å². The Morgan fingerprint density at radius 2 is 1.93 bits per heavy atom. The lowest BCUT2D eigenvalue weighted by Gasteiger charge is -2.23. The fourth-order valence-electron chi connectivity index (χ4n) is 3.77. The molecule has 3 aromatic rings. The highest BCUT2D eigenvalue weighted by Crippen LogP contribution is 2.36. The Labute approximate surface area is 174 Å². The molecule has 1 amide bonds. The van der Waals surface area contributed by atoms with E-state index in [1.54, 1.807) is 35.6 Å². The first kappa shape index (κ1) is 19.6. The maximum Gasteiger partial charge on any atom is 0.223 e. The molecule has 4 rings (SSSR count). The van der Waals surface area contributed by atoms with E-state index in [0.29, 0.717) is 12.2 Å². The van der Waals surface area contributed by atoms with Gasteiger partial charge in [0.15, 0.2) is 5.78 Å². The molecule has 1 fully saturated rings. The Morgan fingerprint density at radius 1 is 1.14 bits per heavy atom. The minimum Gasteiger partial charge on any atom is -0.494 e. The highest BCUT2D eigenvalue weighted by Gasteiger charge is 2.32. The molecule has 1 saturated heterocycles. The molecule has 150 valence electrons. The number of hydrogen-bond donors (Lipinski definition) is 0. The maximum atomic E-state index is 12.8. The molecular weight excluding hydrogens is 384 g/mol. The summed E-state index contributed by atoms with van der Waals surface area (Å²) < 4.78 is 6.55. The Bertz CT molecular complexity index is 979. The number of rotatable bonds is 7. The first-order chi connectivity index (χ1) is 14.2. The molecule has 0 spiro atoms. The van der Waals surface area contributed by atoms with Crippen molar-refractivity contribution in [2.75, 3.05) is 13.2 Å². The molecule has 0 saturated carbocycles. The standard InChI is InChI=1S/C23H24N2O3S/c1-2-28-17-11-9-16(10-12-17)20(26)13-14-22(27)25-15-5-7-19(25)23-24-18-6-3-4-8-21(18)29-23/h3-4,6,8-12,19H,2,5,7,13-15H2,1H3. The van der Waals surface area contributed by atoms with Crippen LogP contribution in [0.15, 0.2) is 48.5 Å². The lowest BCUT2D eigenvalue weighted by molar-refractivity contribution is -0.132. The number of amides is 1. The number of benzene rings is 2. The molecule has 0 radical (unpaired) electrons. The van der Waals surface area contributed by atoms with Crippen molar-refractivity contribution in [3.05, 3.63) is 59.1 Å². The zero-order chi connectivity index (χ0) is 20.2. The van der Waals surface area contributed by atoms with Gasteiger partial charge in [-0.25, -0.2) is 4.98 Å². The van der Waals surface area contributed by atoms with E-state index in [1.807, 2.05) is 30.0 Å². The highest BCUT2D eigenvalue weighted by atomic mass is 32.1. The SMILES string of the molecule is CCOc1ccc(C(=O)CCC(=O)N2CCCC2c2nc3ccccc3s2)cc1. The Morgan fingerprint density at radius 3 is 2.69 bits per heavy atom. The molecule has 1 aliphatic rings. The van der Waals surface area contributed by atoms with Gasteiger partial charge in [-0.3, -0.25) is 9.59 Å². The van der Waals surface area contributed by atoms with Crippen LogP contribution in [-0.2, 0) is 4.79 Å². The van der Waals surface area contributed by atoms with Crippen LogP contribution in [0.2, 0.25) is 0 Å². The maximum absolute atomic E-state index is 12.8. The topological polar surface area (TPSA) is 59.5 Å². The molecule has 1 aliphatic heterocycles. The second-order valence-electron chi connectivity index (χ2n) is 7.15. The number of ketones is 1. The van der Waals surface area contributed by atoms with Gasteiger partial charge < -0.3 is 9.64 Å². The number of fused-ring (bicyclic) bond motifs is 1. The van der Waals surface area contributed by atoms with Gasteiger partial charge in [0.05, 0.1) is 22.9 Å². The summed E-state index contributed by atoms with van der Waals surface area (Å²) >= 11 is 1.66. The van der Waals surface area contributed by atoms with Crippen molar-refractivity contribution in [3.63, 3.8) is 0 Å². The molecule has 2 heterocycles. The van der Waals surface area contributed by atoms with Gasteiger partial charge >= 0.3 is 0 Å². The molecule has 1 aromatic heterocycles. The number of para-hydroxylation sites is 1. The van der Waals surface area contributed by atoms with Crippen LogP contribution in [0.5, 0.6) is 5.75 Å². The fourth-order valence-corrected chi connectivity index (χ4v) is 4.88. The van der Waals surface area contributed by atoms with E-state index in [9.17, 15) is 9.59 Å². The van der Waals surface area contributed by atoms with Crippen molar-refractivity contribution >= 4 is 33.2 Å². The number of thiazole rings is 1. The van der Waals surface area contributed by atoms with Crippen LogP contribution < -0.4 is 4.74 Å². The summed E-state index contributed by atoms with van der Waals surface area (Å²) in [6.45, 7) is 3.24. The van der Waals surface area contributed by atoms with Crippen LogP contribution in [0, 0.1) is 0 Å². The Kier molecular flexibility index (Phi) is 5.90. The van der Waals surface area contributed by atoms with Crippen molar-refractivity contribution in [2.45, 2.75) is 38.6 Å².